The Morgan fingerprint density at radius 2 is 2.04 bits per heavy atom. The third-order valence-electron chi connectivity index (χ3n) is 4.92. The van der Waals surface area contributed by atoms with E-state index in [-0.39, 0.29) is 6.61 Å². The van der Waals surface area contributed by atoms with E-state index < -0.39 is 11.7 Å². The van der Waals surface area contributed by atoms with Crippen LogP contribution in [0.1, 0.15) is 50.4 Å². The smallest absolute Gasteiger partial charge is 0.419 e. The zero-order valence-electron chi connectivity index (χ0n) is 16.0. The Labute approximate surface area is 158 Å². The Morgan fingerprint density at radius 1 is 1.26 bits per heavy atom. The lowest BCUT2D eigenvalue weighted by Crippen LogP contribution is -2.27. The van der Waals surface area contributed by atoms with Gasteiger partial charge in [0, 0.05) is 16.6 Å². The summed E-state index contributed by atoms with van der Waals surface area (Å²) in [6.07, 6.45) is 3.81. The van der Waals surface area contributed by atoms with Gasteiger partial charge in [-0.05, 0) is 70.2 Å². The third kappa shape index (κ3) is 3.25. The van der Waals surface area contributed by atoms with E-state index in [9.17, 15) is 9.90 Å². The van der Waals surface area contributed by atoms with Crippen LogP contribution in [0.3, 0.4) is 0 Å². The van der Waals surface area contributed by atoms with Crippen molar-refractivity contribution in [3.8, 4) is 11.4 Å². The molecular weight excluding hydrogens is 342 g/mol. The van der Waals surface area contributed by atoms with Crippen LogP contribution in [-0.4, -0.2) is 31.6 Å². The Balaban J connectivity index is 1.92. The van der Waals surface area contributed by atoms with E-state index in [1.54, 1.807) is 4.57 Å². The Kier molecular flexibility index (Phi) is 4.30. The number of nitrogens with zero attached hydrogens (tertiary/aromatic N) is 2. The van der Waals surface area contributed by atoms with Crippen molar-refractivity contribution in [3.05, 3.63) is 41.1 Å². The van der Waals surface area contributed by atoms with Gasteiger partial charge in [0.25, 0.3) is 0 Å². The van der Waals surface area contributed by atoms with Gasteiger partial charge in [0.05, 0.1) is 17.8 Å². The molecule has 0 radical (unpaired) electrons. The van der Waals surface area contributed by atoms with Crippen molar-refractivity contribution in [1.82, 2.24) is 14.8 Å². The number of H-pyrrole nitrogens is 1. The molecule has 1 aliphatic carbocycles. The van der Waals surface area contributed by atoms with Crippen LogP contribution >= 0.6 is 0 Å². The first kappa shape index (κ1) is 17.8. The van der Waals surface area contributed by atoms with Gasteiger partial charge < -0.3 is 9.84 Å². The van der Waals surface area contributed by atoms with Crippen LogP contribution in [0.5, 0.6) is 0 Å². The van der Waals surface area contributed by atoms with Gasteiger partial charge in [-0.2, -0.15) is 5.10 Å². The summed E-state index contributed by atoms with van der Waals surface area (Å²) in [6.45, 7) is 5.53. The molecule has 0 atom stereocenters. The van der Waals surface area contributed by atoms with Gasteiger partial charge in [-0.25, -0.2) is 9.36 Å². The van der Waals surface area contributed by atoms with Gasteiger partial charge in [-0.3, -0.25) is 5.10 Å². The number of aliphatic hydroxyl groups is 1. The summed E-state index contributed by atoms with van der Waals surface area (Å²) < 4.78 is 7.27. The third-order valence-corrected chi connectivity index (χ3v) is 4.92. The second-order valence-electron chi connectivity index (χ2n) is 8.13. The van der Waals surface area contributed by atoms with E-state index in [1.807, 2.05) is 45.0 Å². The van der Waals surface area contributed by atoms with Gasteiger partial charge >= 0.3 is 6.09 Å². The molecule has 6 heteroatoms. The lowest BCUT2D eigenvalue weighted by molar-refractivity contribution is 0.0547. The number of ether oxygens (including phenoxy) is 1. The maximum Gasteiger partial charge on any atom is 0.419 e. The minimum Gasteiger partial charge on any atom is -0.443 e. The second kappa shape index (κ2) is 6.53. The van der Waals surface area contributed by atoms with Crippen molar-refractivity contribution in [2.24, 2.45) is 0 Å². The van der Waals surface area contributed by atoms with Crippen LogP contribution < -0.4 is 0 Å². The highest BCUT2D eigenvalue weighted by Crippen LogP contribution is 2.34. The maximum atomic E-state index is 13.0. The van der Waals surface area contributed by atoms with Gasteiger partial charge in [-0.1, -0.05) is 6.07 Å². The largest absolute Gasteiger partial charge is 0.443 e. The molecule has 27 heavy (non-hydrogen) atoms. The number of nitrogens with one attached hydrogen (secondary N) is 1. The Hall–Kier alpha value is -2.60. The van der Waals surface area contributed by atoms with Crippen LogP contribution in [0.15, 0.2) is 24.3 Å². The van der Waals surface area contributed by atoms with E-state index in [0.29, 0.717) is 0 Å². The molecule has 2 aromatic heterocycles. The van der Waals surface area contributed by atoms with Gasteiger partial charge in [-0.15, -0.1) is 0 Å². The monoisotopic (exact) mass is 367 g/mol. The molecule has 0 spiro atoms. The lowest BCUT2D eigenvalue weighted by atomic mass is 9.95. The summed E-state index contributed by atoms with van der Waals surface area (Å²) in [5.74, 6) is 0. The van der Waals surface area contributed by atoms with E-state index in [2.05, 4.69) is 10.2 Å². The van der Waals surface area contributed by atoms with Crippen molar-refractivity contribution < 1.29 is 14.6 Å². The molecule has 4 rings (SSSR count). The van der Waals surface area contributed by atoms with Crippen molar-refractivity contribution in [2.75, 3.05) is 0 Å². The minimum atomic E-state index is -0.596. The van der Waals surface area contributed by atoms with Gasteiger partial charge in [0.1, 0.15) is 11.3 Å². The number of hydrogen-bond donors (Lipinski definition) is 2. The number of hydrogen-bond acceptors (Lipinski definition) is 4. The van der Waals surface area contributed by atoms with Gasteiger partial charge in [0.2, 0.25) is 0 Å². The fourth-order valence-electron chi connectivity index (χ4n) is 3.73. The summed E-state index contributed by atoms with van der Waals surface area (Å²) in [5, 5.41) is 18.0. The van der Waals surface area contributed by atoms with E-state index in [0.717, 1.165) is 59.2 Å². The lowest BCUT2D eigenvalue weighted by Gasteiger charge is -2.21. The van der Waals surface area contributed by atoms with Crippen LogP contribution in [-0.2, 0) is 24.2 Å². The quantitative estimate of drug-likeness (QED) is 0.712. The molecule has 2 N–H and O–H groups in total. The normalized spacial score (nSPS) is 14.4. The molecule has 3 aromatic rings. The molecule has 0 aliphatic heterocycles. The van der Waals surface area contributed by atoms with Crippen molar-refractivity contribution in [2.45, 2.75) is 58.7 Å². The highest BCUT2D eigenvalue weighted by molar-refractivity contribution is 5.96. The fraction of sp³-hybridized carbons (Fsp3) is 0.429. The van der Waals surface area contributed by atoms with E-state index in [4.69, 9.17) is 4.74 Å². The SMILES string of the molecule is CC(C)(C)OC(=O)n1c(-c2n[nH]c3c2CCCC3)cc2cc(CO)ccc21. The Morgan fingerprint density at radius 3 is 2.78 bits per heavy atom. The highest BCUT2D eigenvalue weighted by atomic mass is 16.6. The number of aliphatic hydroxyl groups excluding tert-OH is 1. The second-order valence-corrected chi connectivity index (χ2v) is 8.13. The maximum absolute atomic E-state index is 13.0. The molecule has 0 unspecified atom stereocenters. The van der Waals surface area contributed by atoms with Crippen LogP contribution in [0.4, 0.5) is 4.79 Å². The highest BCUT2D eigenvalue weighted by Gasteiger charge is 2.26. The first-order valence-electron chi connectivity index (χ1n) is 9.42. The molecule has 0 saturated carbocycles. The molecule has 142 valence electrons. The molecule has 1 aromatic carbocycles. The topological polar surface area (TPSA) is 80.1 Å². The summed E-state index contributed by atoms with van der Waals surface area (Å²) in [5.41, 5.74) is 4.86. The first-order valence-corrected chi connectivity index (χ1v) is 9.42. The van der Waals surface area contributed by atoms with Gasteiger partial charge in [0.15, 0.2) is 0 Å². The summed E-state index contributed by atoms with van der Waals surface area (Å²) >= 11 is 0. The first-order chi connectivity index (χ1) is 12.9. The van der Waals surface area contributed by atoms with Crippen LogP contribution in [0, 0.1) is 0 Å². The average molecular weight is 367 g/mol. The summed E-state index contributed by atoms with van der Waals surface area (Å²) in [7, 11) is 0. The standard InChI is InChI=1S/C21H25N3O3/c1-21(2,3)27-20(26)24-17-9-8-13(12-25)10-14(17)11-18(24)19-15-6-4-5-7-16(15)22-23-19/h8-11,25H,4-7,12H2,1-3H3,(H,22,23). The number of aryl methyl sites for hydroxylation is 1. The van der Waals surface area contributed by atoms with E-state index in [1.165, 1.54) is 5.56 Å². The molecule has 0 saturated heterocycles. The molecule has 0 amide bonds. The van der Waals surface area contributed by atoms with Crippen LogP contribution in [0.25, 0.3) is 22.3 Å². The molecule has 6 nitrogen and oxygen atoms in total. The molecule has 2 heterocycles. The van der Waals surface area contributed by atoms with Crippen molar-refractivity contribution >= 4 is 17.0 Å². The number of aromatic amines is 1. The number of carbonyl (C=O) groups is 1. The number of carbonyl (C=O) groups excluding carboxylic acids is 1. The van der Waals surface area contributed by atoms with Crippen molar-refractivity contribution in [1.29, 1.82) is 0 Å². The molecular formula is C21H25N3O3. The zero-order valence-corrected chi connectivity index (χ0v) is 16.0. The zero-order chi connectivity index (χ0) is 19.2. The number of aromatic nitrogens is 3. The van der Waals surface area contributed by atoms with E-state index >= 15 is 0 Å². The molecule has 0 bridgehead atoms. The number of rotatable bonds is 2. The predicted molar refractivity (Wildman–Crippen MR) is 104 cm³/mol. The minimum absolute atomic E-state index is 0.0410. The van der Waals surface area contributed by atoms with Crippen molar-refractivity contribution in [3.63, 3.8) is 0 Å². The fourth-order valence-corrected chi connectivity index (χ4v) is 3.73. The number of fused-ring (bicyclic) bond motifs is 2. The summed E-state index contributed by atoms with van der Waals surface area (Å²) in [6, 6.07) is 7.54. The average Bonchev–Trinajstić information content (AvgIpc) is 3.20. The number of benzene rings is 1. The molecule has 1 aliphatic rings. The predicted octanol–water partition coefficient (Wildman–Crippen LogP) is 4.19. The van der Waals surface area contributed by atoms with Crippen LogP contribution in [0.2, 0.25) is 0 Å². The molecule has 0 fully saturated rings. The Bertz CT molecular complexity index is 1010. The summed E-state index contributed by atoms with van der Waals surface area (Å²) in [4.78, 5) is 13.0.